The third-order valence-corrected chi connectivity index (χ3v) is 3.02. The quantitative estimate of drug-likeness (QED) is 0.509. The van der Waals surface area contributed by atoms with Crippen molar-refractivity contribution in [1.82, 2.24) is 0 Å². The topological polar surface area (TPSA) is 76.1 Å². The SMILES string of the molecule is CC(C)(C#N)CCCOC(=O)c1cc(N)ccc1Cl. The number of nitrogens with zero attached hydrogens (tertiary/aromatic N) is 1. The van der Waals surface area contributed by atoms with Gasteiger partial charge in [-0.25, -0.2) is 4.79 Å². The molecule has 1 aromatic rings. The lowest BCUT2D eigenvalue weighted by Crippen LogP contribution is -2.12. The molecule has 0 radical (unpaired) electrons. The Bertz CT molecular complexity index is 507. The lowest BCUT2D eigenvalue weighted by Gasteiger charge is -2.14. The van der Waals surface area contributed by atoms with Gasteiger partial charge in [0.25, 0.3) is 0 Å². The molecule has 0 aliphatic rings. The van der Waals surface area contributed by atoms with Gasteiger partial charge in [-0.05, 0) is 44.9 Å². The first kappa shape index (κ1) is 15.3. The van der Waals surface area contributed by atoms with E-state index >= 15 is 0 Å². The number of nitrogens with two attached hydrogens (primary N) is 1. The summed E-state index contributed by atoms with van der Waals surface area (Å²) < 4.78 is 5.12. The van der Waals surface area contributed by atoms with Crippen LogP contribution in [0.1, 0.15) is 37.0 Å². The van der Waals surface area contributed by atoms with Crippen LogP contribution in [0.25, 0.3) is 0 Å². The Morgan fingerprint density at radius 1 is 1.53 bits per heavy atom. The lowest BCUT2D eigenvalue weighted by molar-refractivity contribution is 0.0491. The first-order valence-electron chi connectivity index (χ1n) is 5.99. The zero-order valence-corrected chi connectivity index (χ0v) is 11.8. The van der Waals surface area contributed by atoms with Gasteiger partial charge in [0.2, 0.25) is 0 Å². The molecule has 19 heavy (non-hydrogen) atoms. The molecular formula is C14H17ClN2O2. The molecule has 0 spiro atoms. The van der Waals surface area contributed by atoms with E-state index in [2.05, 4.69) is 6.07 Å². The number of carbonyl (C=O) groups is 1. The van der Waals surface area contributed by atoms with E-state index in [4.69, 9.17) is 27.3 Å². The van der Waals surface area contributed by atoms with Gasteiger partial charge in [0.05, 0.1) is 28.7 Å². The third kappa shape index (κ3) is 4.80. The van der Waals surface area contributed by atoms with Crippen LogP contribution in [0.3, 0.4) is 0 Å². The number of esters is 1. The minimum atomic E-state index is -0.493. The molecule has 0 unspecified atom stereocenters. The average molecular weight is 281 g/mol. The van der Waals surface area contributed by atoms with Gasteiger partial charge in [0, 0.05) is 5.69 Å². The fraction of sp³-hybridized carbons (Fsp3) is 0.429. The van der Waals surface area contributed by atoms with Gasteiger partial charge >= 0.3 is 5.97 Å². The summed E-state index contributed by atoms with van der Waals surface area (Å²) in [6.45, 7) is 3.96. The van der Waals surface area contributed by atoms with Gasteiger partial charge in [-0.1, -0.05) is 11.6 Å². The van der Waals surface area contributed by atoms with E-state index in [0.717, 1.165) is 0 Å². The van der Waals surface area contributed by atoms with Crippen LogP contribution in [-0.4, -0.2) is 12.6 Å². The van der Waals surface area contributed by atoms with Gasteiger partial charge in [0.15, 0.2) is 0 Å². The number of halogens is 1. The highest BCUT2D eigenvalue weighted by molar-refractivity contribution is 6.33. The Hall–Kier alpha value is -1.73. The Labute approximate surface area is 118 Å². The maximum absolute atomic E-state index is 11.8. The van der Waals surface area contributed by atoms with Crippen molar-refractivity contribution in [3.05, 3.63) is 28.8 Å². The highest BCUT2D eigenvalue weighted by Gasteiger charge is 2.17. The molecule has 0 aliphatic heterocycles. The number of ether oxygens (including phenoxy) is 1. The molecular weight excluding hydrogens is 264 g/mol. The predicted octanol–water partition coefficient (Wildman–Crippen LogP) is 3.41. The molecule has 0 saturated heterocycles. The molecule has 4 nitrogen and oxygen atoms in total. The summed E-state index contributed by atoms with van der Waals surface area (Å²) in [5, 5.41) is 9.17. The van der Waals surface area contributed by atoms with Crippen LogP contribution >= 0.6 is 11.6 Å². The molecule has 0 aliphatic carbocycles. The second kappa shape index (κ2) is 6.44. The summed E-state index contributed by atoms with van der Waals surface area (Å²) in [4.78, 5) is 11.8. The zero-order chi connectivity index (χ0) is 14.5. The summed E-state index contributed by atoms with van der Waals surface area (Å²) >= 11 is 5.90. The molecule has 0 heterocycles. The van der Waals surface area contributed by atoms with E-state index in [1.807, 2.05) is 13.8 Å². The van der Waals surface area contributed by atoms with Crippen LogP contribution in [0.5, 0.6) is 0 Å². The fourth-order valence-corrected chi connectivity index (χ4v) is 1.71. The zero-order valence-electron chi connectivity index (χ0n) is 11.1. The van der Waals surface area contributed by atoms with E-state index in [-0.39, 0.29) is 12.2 Å². The molecule has 102 valence electrons. The summed E-state index contributed by atoms with van der Waals surface area (Å²) in [6, 6.07) is 6.87. The molecule has 0 bridgehead atoms. The maximum atomic E-state index is 11.8. The van der Waals surface area contributed by atoms with Gasteiger partial charge in [-0.3, -0.25) is 0 Å². The molecule has 1 aromatic carbocycles. The monoisotopic (exact) mass is 280 g/mol. The number of benzene rings is 1. The van der Waals surface area contributed by atoms with E-state index in [9.17, 15) is 4.79 Å². The van der Waals surface area contributed by atoms with Crippen LogP contribution in [0.2, 0.25) is 5.02 Å². The fourth-order valence-electron chi connectivity index (χ4n) is 1.51. The molecule has 0 atom stereocenters. The van der Waals surface area contributed by atoms with Crippen molar-refractivity contribution in [2.24, 2.45) is 5.41 Å². The maximum Gasteiger partial charge on any atom is 0.339 e. The van der Waals surface area contributed by atoms with Crippen LogP contribution in [-0.2, 0) is 4.74 Å². The van der Waals surface area contributed by atoms with Crippen molar-refractivity contribution in [3.63, 3.8) is 0 Å². The van der Waals surface area contributed by atoms with Gasteiger partial charge in [-0.2, -0.15) is 5.26 Å². The van der Waals surface area contributed by atoms with Crippen molar-refractivity contribution in [1.29, 1.82) is 5.26 Å². The largest absolute Gasteiger partial charge is 0.462 e. The van der Waals surface area contributed by atoms with Crippen LogP contribution < -0.4 is 5.73 Å². The van der Waals surface area contributed by atoms with E-state index in [1.54, 1.807) is 12.1 Å². The molecule has 0 saturated carbocycles. The van der Waals surface area contributed by atoms with Crippen molar-refractivity contribution in [3.8, 4) is 6.07 Å². The number of hydrogen-bond acceptors (Lipinski definition) is 4. The van der Waals surface area contributed by atoms with E-state index in [1.165, 1.54) is 6.07 Å². The van der Waals surface area contributed by atoms with E-state index < -0.39 is 11.4 Å². The van der Waals surface area contributed by atoms with Gasteiger partial charge < -0.3 is 10.5 Å². The van der Waals surface area contributed by atoms with Crippen LogP contribution in [0.4, 0.5) is 5.69 Å². The number of nitrogen functional groups attached to an aromatic ring is 1. The summed E-state index contributed by atoms with van der Waals surface area (Å²) in [7, 11) is 0. The minimum absolute atomic E-state index is 0.259. The lowest BCUT2D eigenvalue weighted by atomic mass is 9.90. The van der Waals surface area contributed by atoms with Crippen LogP contribution in [0, 0.1) is 16.7 Å². The van der Waals surface area contributed by atoms with Gasteiger partial charge in [0.1, 0.15) is 0 Å². The second-order valence-electron chi connectivity index (χ2n) is 4.97. The summed E-state index contributed by atoms with van der Waals surface area (Å²) in [6.07, 6.45) is 1.30. The number of rotatable bonds is 5. The van der Waals surface area contributed by atoms with Crippen molar-refractivity contribution in [2.75, 3.05) is 12.3 Å². The van der Waals surface area contributed by atoms with E-state index in [0.29, 0.717) is 23.6 Å². The van der Waals surface area contributed by atoms with Crippen molar-refractivity contribution < 1.29 is 9.53 Å². The van der Waals surface area contributed by atoms with Crippen molar-refractivity contribution in [2.45, 2.75) is 26.7 Å². The predicted molar refractivity (Wildman–Crippen MR) is 74.8 cm³/mol. The Morgan fingerprint density at radius 3 is 2.84 bits per heavy atom. The van der Waals surface area contributed by atoms with Crippen molar-refractivity contribution >= 4 is 23.3 Å². The third-order valence-electron chi connectivity index (χ3n) is 2.69. The standard InChI is InChI=1S/C14H17ClN2O2/c1-14(2,9-16)6-3-7-19-13(18)11-8-10(17)4-5-12(11)15/h4-5,8H,3,6-7,17H2,1-2H3. The smallest absolute Gasteiger partial charge is 0.339 e. The summed E-state index contributed by atoms with van der Waals surface area (Å²) in [5.74, 6) is -0.493. The second-order valence-corrected chi connectivity index (χ2v) is 5.38. The average Bonchev–Trinajstić information content (AvgIpc) is 2.37. The van der Waals surface area contributed by atoms with Crippen LogP contribution in [0.15, 0.2) is 18.2 Å². The molecule has 0 aromatic heterocycles. The number of carbonyl (C=O) groups excluding carboxylic acids is 1. The number of nitriles is 1. The first-order chi connectivity index (χ1) is 8.85. The minimum Gasteiger partial charge on any atom is -0.462 e. The highest BCUT2D eigenvalue weighted by Crippen LogP contribution is 2.22. The Balaban J connectivity index is 2.49. The first-order valence-corrected chi connectivity index (χ1v) is 6.37. The molecule has 5 heteroatoms. The highest BCUT2D eigenvalue weighted by atomic mass is 35.5. The normalized spacial score (nSPS) is 10.8. The Kier molecular flexibility index (Phi) is 5.20. The Morgan fingerprint density at radius 2 is 2.21 bits per heavy atom. The molecule has 2 N–H and O–H groups in total. The number of anilines is 1. The molecule has 0 amide bonds. The molecule has 1 rings (SSSR count). The molecule has 0 fully saturated rings. The number of hydrogen-bond donors (Lipinski definition) is 1. The van der Waals surface area contributed by atoms with Gasteiger partial charge in [-0.15, -0.1) is 0 Å². The summed E-state index contributed by atoms with van der Waals surface area (Å²) in [5.41, 5.74) is 5.92.